The number of fused-ring (bicyclic) bond motifs is 1. The van der Waals surface area contributed by atoms with Crippen LogP contribution >= 0.6 is 0 Å². The molecule has 5 rings (SSSR count). The van der Waals surface area contributed by atoms with Crippen molar-refractivity contribution in [2.45, 2.75) is 44.3 Å². The Morgan fingerprint density at radius 1 is 1.09 bits per heavy atom. The van der Waals surface area contributed by atoms with Crippen molar-refractivity contribution < 1.29 is 9.21 Å². The zero-order valence-corrected chi connectivity index (χ0v) is 17.8. The molecule has 1 amide bonds. The largest absolute Gasteiger partial charge is 0.463 e. The number of carbonyl (C=O) groups is 1. The van der Waals surface area contributed by atoms with Gasteiger partial charge in [0.25, 0.3) is 5.91 Å². The van der Waals surface area contributed by atoms with Crippen LogP contribution in [-0.2, 0) is 6.54 Å². The van der Waals surface area contributed by atoms with Crippen molar-refractivity contribution in [2.24, 2.45) is 5.73 Å². The van der Waals surface area contributed by atoms with Gasteiger partial charge in [-0.2, -0.15) is 0 Å². The maximum Gasteiger partial charge on any atom is 0.251 e. The van der Waals surface area contributed by atoms with Crippen molar-refractivity contribution in [2.75, 3.05) is 5.32 Å². The number of carbonyl (C=O) groups excluding carboxylic acids is 1. The third-order valence-electron chi connectivity index (χ3n) is 6.05. The van der Waals surface area contributed by atoms with Gasteiger partial charge in [0.2, 0.25) is 0 Å². The quantitative estimate of drug-likeness (QED) is 0.427. The second-order valence-electron chi connectivity index (χ2n) is 8.35. The summed E-state index contributed by atoms with van der Waals surface area (Å²) >= 11 is 0. The monoisotopic (exact) mass is 429 g/mol. The van der Waals surface area contributed by atoms with Crippen LogP contribution in [0.5, 0.6) is 0 Å². The SMILES string of the molecule is NC1CCC(NC(=O)c2ccn3c(NCc4ccccc4)c(-c4ccco4)nc3c2)CC1. The lowest BCUT2D eigenvalue weighted by molar-refractivity contribution is 0.0926. The Morgan fingerprint density at radius 2 is 1.91 bits per heavy atom. The van der Waals surface area contributed by atoms with Crippen LogP contribution in [-0.4, -0.2) is 27.4 Å². The number of hydrogen-bond acceptors (Lipinski definition) is 5. The lowest BCUT2D eigenvalue weighted by Crippen LogP contribution is -2.40. The molecule has 3 heterocycles. The molecule has 4 aromatic rings. The summed E-state index contributed by atoms with van der Waals surface area (Å²) in [4.78, 5) is 17.6. The smallest absolute Gasteiger partial charge is 0.251 e. The maximum absolute atomic E-state index is 12.9. The highest BCUT2D eigenvalue weighted by Crippen LogP contribution is 2.30. The standard InChI is InChI=1S/C25H27N5O2/c26-19-8-10-20(11-9-19)28-25(31)18-12-13-30-22(15-18)29-23(21-7-4-14-32-21)24(30)27-16-17-5-2-1-3-6-17/h1-7,12-15,19-20,27H,8-11,16,26H2,(H,28,31). The van der Waals surface area contributed by atoms with Gasteiger partial charge in [0.15, 0.2) is 5.76 Å². The first-order valence-corrected chi connectivity index (χ1v) is 11.1. The number of imidazole rings is 1. The molecule has 0 aliphatic heterocycles. The van der Waals surface area contributed by atoms with Crippen LogP contribution in [0.4, 0.5) is 5.82 Å². The zero-order chi connectivity index (χ0) is 21.9. The summed E-state index contributed by atoms with van der Waals surface area (Å²) in [7, 11) is 0. The Balaban J connectivity index is 1.42. The van der Waals surface area contributed by atoms with E-state index in [2.05, 4.69) is 22.8 Å². The molecule has 0 radical (unpaired) electrons. The van der Waals surface area contributed by atoms with E-state index >= 15 is 0 Å². The molecular formula is C25H27N5O2. The fraction of sp³-hybridized carbons (Fsp3) is 0.280. The van der Waals surface area contributed by atoms with Crippen molar-refractivity contribution in [3.8, 4) is 11.5 Å². The molecule has 3 aromatic heterocycles. The molecule has 0 bridgehead atoms. The van der Waals surface area contributed by atoms with Crippen LogP contribution in [0.1, 0.15) is 41.6 Å². The maximum atomic E-state index is 12.9. The summed E-state index contributed by atoms with van der Waals surface area (Å²) in [5, 5.41) is 6.64. The van der Waals surface area contributed by atoms with Crippen molar-refractivity contribution >= 4 is 17.4 Å². The number of benzene rings is 1. The van der Waals surface area contributed by atoms with E-state index in [1.54, 1.807) is 6.26 Å². The second kappa shape index (κ2) is 8.88. The number of anilines is 1. The summed E-state index contributed by atoms with van der Waals surface area (Å²) in [5.41, 5.74) is 9.14. The molecule has 0 saturated heterocycles. The summed E-state index contributed by atoms with van der Waals surface area (Å²) < 4.78 is 7.58. The topological polar surface area (TPSA) is 97.6 Å². The second-order valence-corrected chi connectivity index (χ2v) is 8.35. The van der Waals surface area contributed by atoms with Crippen LogP contribution in [0.2, 0.25) is 0 Å². The number of hydrogen-bond donors (Lipinski definition) is 3. The first kappa shape index (κ1) is 20.3. The number of amides is 1. The van der Waals surface area contributed by atoms with Crippen LogP contribution in [0.3, 0.4) is 0 Å². The van der Waals surface area contributed by atoms with Crippen molar-refractivity contribution in [3.05, 3.63) is 78.2 Å². The molecule has 0 spiro atoms. The summed E-state index contributed by atoms with van der Waals surface area (Å²) in [6.45, 7) is 0.647. The van der Waals surface area contributed by atoms with Crippen molar-refractivity contribution in [1.82, 2.24) is 14.7 Å². The minimum absolute atomic E-state index is 0.0747. The molecule has 164 valence electrons. The minimum Gasteiger partial charge on any atom is -0.463 e. The van der Waals surface area contributed by atoms with E-state index in [0.29, 0.717) is 29.2 Å². The van der Waals surface area contributed by atoms with Gasteiger partial charge in [0.1, 0.15) is 17.2 Å². The molecular weight excluding hydrogens is 402 g/mol. The van der Waals surface area contributed by atoms with E-state index in [0.717, 1.165) is 37.1 Å². The minimum atomic E-state index is -0.0747. The first-order valence-electron chi connectivity index (χ1n) is 11.1. The summed E-state index contributed by atoms with van der Waals surface area (Å²) in [5.74, 6) is 1.43. The van der Waals surface area contributed by atoms with Gasteiger partial charge in [0, 0.05) is 30.4 Å². The van der Waals surface area contributed by atoms with Gasteiger partial charge in [-0.25, -0.2) is 4.98 Å². The van der Waals surface area contributed by atoms with Gasteiger partial charge >= 0.3 is 0 Å². The van der Waals surface area contributed by atoms with Gasteiger partial charge in [0.05, 0.1) is 6.26 Å². The number of furan rings is 1. The molecule has 32 heavy (non-hydrogen) atoms. The van der Waals surface area contributed by atoms with E-state index in [1.165, 1.54) is 0 Å². The van der Waals surface area contributed by atoms with Crippen LogP contribution < -0.4 is 16.4 Å². The molecule has 4 N–H and O–H groups in total. The Labute approximate surface area is 186 Å². The number of aromatic nitrogens is 2. The van der Waals surface area contributed by atoms with Gasteiger partial charge in [-0.3, -0.25) is 9.20 Å². The van der Waals surface area contributed by atoms with Gasteiger partial charge in [-0.1, -0.05) is 30.3 Å². The van der Waals surface area contributed by atoms with E-state index < -0.39 is 0 Å². The van der Waals surface area contributed by atoms with Crippen LogP contribution in [0, 0.1) is 0 Å². The molecule has 0 unspecified atom stereocenters. The fourth-order valence-corrected chi connectivity index (χ4v) is 4.25. The molecule has 7 heteroatoms. The van der Waals surface area contributed by atoms with Crippen LogP contribution in [0.15, 0.2) is 71.5 Å². The molecule has 1 aliphatic rings. The molecule has 1 saturated carbocycles. The van der Waals surface area contributed by atoms with E-state index in [-0.39, 0.29) is 18.0 Å². The highest BCUT2D eigenvalue weighted by Gasteiger charge is 2.22. The average Bonchev–Trinajstić information content (AvgIpc) is 3.47. The van der Waals surface area contributed by atoms with E-state index in [4.69, 9.17) is 15.1 Å². The Hall–Kier alpha value is -3.58. The third-order valence-corrected chi connectivity index (χ3v) is 6.05. The van der Waals surface area contributed by atoms with E-state index in [9.17, 15) is 4.79 Å². The number of nitrogens with one attached hydrogen (secondary N) is 2. The molecule has 7 nitrogen and oxygen atoms in total. The average molecular weight is 430 g/mol. The van der Waals surface area contributed by atoms with Crippen molar-refractivity contribution in [1.29, 1.82) is 0 Å². The predicted molar refractivity (Wildman–Crippen MR) is 124 cm³/mol. The predicted octanol–water partition coefficient (Wildman–Crippen LogP) is 4.21. The number of rotatable bonds is 6. The zero-order valence-electron chi connectivity index (χ0n) is 17.8. The van der Waals surface area contributed by atoms with Crippen LogP contribution in [0.25, 0.3) is 17.1 Å². The third kappa shape index (κ3) is 4.24. The highest BCUT2D eigenvalue weighted by molar-refractivity contribution is 5.95. The van der Waals surface area contributed by atoms with Gasteiger partial charge in [-0.05, 0) is 55.5 Å². The van der Waals surface area contributed by atoms with E-state index in [1.807, 2.05) is 53.1 Å². The van der Waals surface area contributed by atoms with Gasteiger partial charge in [-0.15, -0.1) is 0 Å². The molecule has 1 aliphatic carbocycles. The van der Waals surface area contributed by atoms with Gasteiger partial charge < -0.3 is 20.8 Å². The summed E-state index contributed by atoms with van der Waals surface area (Å²) in [6.07, 6.45) is 7.27. The highest BCUT2D eigenvalue weighted by atomic mass is 16.3. The summed E-state index contributed by atoms with van der Waals surface area (Å²) in [6, 6.07) is 18.0. The molecule has 0 atom stereocenters. The first-order chi connectivity index (χ1) is 15.7. The normalized spacial score (nSPS) is 18.5. The Morgan fingerprint density at radius 3 is 2.66 bits per heavy atom. The number of nitrogens with two attached hydrogens (primary N) is 1. The lowest BCUT2D eigenvalue weighted by Gasteiger charge is -2.26. The Kier molecular flexibility index (Phi) is 5.64. The Bertz CT molecular complexity index is 1190. The number of pyridine rings is 1. The molecule has 1 fully saturated rings. The lowest BCUT2D eigenvalue weighted by atomic mass is 9.91. The van der Waals surface area contributed by atoms with Crippen molar-refractivity contribution in [3.63, 3.8) is 0 Å². The molecule has 1 aromatic carbocycles. The number of nitrogens with zero attached hydrogens (tertiary/aromatic N) is 2. The fourth-order valence-electron chi connectivity index (χ4n) is 4.25.